The summed E-state index contributed by atoms with van der Waals surface area (Å²) in [4.78, 5) is 0. The van der Waals surface area contributed by atoms with Gasteiger partial charge in [-0.3, -0.25) is 0 Å². The van der Waals surface area contributed by atoms with Crippen molar-refractivity contribution in [1.29, 1.82) is 0 Å². The first-order valence-electron chi connectivity index (χ1n) is 13.0. The van der Waals surface area contributed by atoms with Crippen molar-refractivity contribution in [2.24, 2.45) is 0 Å². The Morgan fingerprint density at radius 2 is 0.529 bits per heavy atom. The van der Waals surface area contributed by atoms with Gasteiger partial charge in [0.05, 0.1) is 0 Å². The maximum atomic E-state index is 2.27. The molecule has 182 valence electrons. The SMILES string of the molecule is CC.CC.CC.CC.Cc1ccc(-c2ccc(-c3cccc(-c4ccc(C)cc4)c3)cc2)cc1. The molecule has 0 bridgehead atoms. The van der Waals surface area contributed by atoms with Crippen LogP contribution in [0.3, 0.4) is 0 Å². The fourth-order valence-electron chi connectivity index (χ4n) is 3.23. The Morgan fingerprint density at radius 3 is 0.824 bits per heavy atom. The predicted molar refractivity (Wildman–Crippen MR) is 158 cm³/mol. The van der Waals surface area contributed by atoms with Crippen LogP contribution in [0.5, 0.6) is 0 Å². The lowest BCUT2D eigenvalue weighted by Crippen LogP contribution is -1.83. The first-order valence-corrected chi connectivity index (χ1v) is 13.0. The fraction of sp³-hybridized carbons (Fsp3) is 0.294. The lowest BCUT2D eigenvalue weighted by atomic mass is 9.96. The highest BCUT2D eigenvalue weighted by atomic mass is 14.1. The summed E-state index contributed by atoms with van der Waals surface area (Å²) < 4.78 is 0. The Morgan fingerprint density at radius 1 is 0.294 bits per heavy atom. The van der Waals surface area contributed by atoms with E-state index in [1.165, 1.54) is 44.5 Å². The molecule has 0 spiro atoms. The summed E-state index contributed by atoms with van der Waals surface area (Å²) in [5.41, 5.74) is 10.1. The highest BCUT2D eigenvalue weighted by Crippen LogP contribution is 2.28. The molecule has 0 fully saturated rings. The van der Waals surface area contributed by atoms with E-state index in [1.54, 1.807) is 0 Å². The Bertz CT molecular complexity index is 1000. The van der Waals surface area contributed by atoms with Crippen molar-refractivity contribution in [3.8, 4) is 33.4 Å². The highest BCUT2D eigenvalue weighted by Gasteiger charge is 2.03. The van der Waals surface area contributed by atoms with Crippen LogP contribution in [0.1, 0.15) is 66.5 Å². The second-order valence-electron chi connectivity index (χ2n) is 6.89. The lowest BCUT2D eigenvalue weighted by molar-refractivity contribution is 1.46. The van der Waals surface area contributed by atoms with Crippen molar-refractivity contribution in [2.45, 2.75) is 69.2 Å². The minimum Gasteiger partial charge on any atom is -0.0683 e. The van der Waals surface area contributed by atoms with Gasteiger partial charge in [-0.15, -0.1) is 0 Å². The van der Waals surface area contributed by atoms with Crippen molar-refractivity contribution in [1.82, 2.24) is 0 Å². The summed E-state index contributed by atoms with van der Waals surface area (Å²) in [5.74, 6) is 0. The van der Waals surface area contributed by atoms with Gasteiger partial charge in [0.25, 0.3) is 0 Å². The minimum absolute atomic E-state index is 1.25. The van der Waals surface area contributed by atoms with E-state index in [-0.39, 0.29) is 0 Å². The van der Waals surface area contributed by atoms with Crippen LogP contribution in [0.2, 0.25) is 0 Å². The second kappa shape index (κ2) is 18.3. The van der Waals surface area contributed by atoms with Gasteiger partial charge >= 0.3 is 0 Å². The Labute approximate surface area is 210 Å². The molecule has 4 aromatic rings. The molecular weight excluding hydrogens is 408 g/mol. The van der Waals surface area contributed by atoms with Crippen LogP contribution in [0, 0.1) is 13.8 Å². The predicted octanol–water partition coefficient (Wildman–Crippen LogP) is 11.4. The molecule has 0 saturated heterocycles. The Balaban J connectivity index is 0.00000124. The van der Waals surface area contributed by atoms with E-state index in [1.807, 2.05) is 55.4 Å². The van der Waals surface area contributed by atoms with Crippen molar-refractivity contribution in [3.05, 3.63) is 108 Å². The second-order valence-corrected chi connectivity index (χ2v) is 6.89. The number of benzene rings is 4. The van der Waals surface area contributed by atoms with Gasteiger partial charge in [0.1, 0.15) is 0 Å². The van der Waals surface area contributed by atoms with E-state index in [4.69, 9.17) is 0 Å². The Kier molecular flexibility index (Phi) is 16.6. The lowest BCUT2D eigenvalue weighted by Gasteiger charge is -2.08. The van der Waals surface area contributed by atoms with E-state index in [0.717, 1.165) is 0 Å². The topological polar surface area (TPSA) is 0 Å². The van der Waals surface area contributed by atoms with Crippen molar-refractivity contribution < 1.29 is 0 Å². The zero-order valence-corrected chi connectivity index (χ0v) is 23.2. The van der Waals surface area contributed by atoms with E-state index in [9.17, 15) is 0 Å². The number of aryl methyl sites for hydroxylation is 2. The monoisotopic (exact) mass is 454 g/mol. The third kappa shape index (κ3) is 9.40. The minimum atomic E-state index is 1.25. The molecule has 0 aromatic heterocycles. The summed E-state index contributed by atoms with van der Waals surface area (Å²) >= 11 is 0. The normalized spacial score (nSPS) is 8.88. The van der Waals surface area contributed by atoms with Gasteiger partial charge in [-0.1, -0.05) is 158 Å². The Hall–Kier alpha value is -3.12. The summed E-state index contributed by atoms with van der Waals surface area (Å²) in [6.07, 6.45) is 0. The summed E-state index contributed by atoms with van der Waals surface area (Å²) in [7, 11) is 0. The van der Waals surface area contributed by atoms with Crippen molar-refractivity contribution >= 4 is 0 Å². The molecule has 4 aromatic carbocycles. The molecule has 0 aliphatic rings. The van der Waals surface area contributed by atoms with Gasteiger partial charge in [-0.2, -0.15) is 0 Å². The first kappa shape index (κ1) is 30.9. The number of hydrogen-bond acceptors (Lipinski definition) is 0. The van der Waals surface area contributed by atoms with Gasteiger partial charge in [0, 0.05) is 0 Å². The van der Waals surface area contributed by atoms with Gasteiger partial charge in [-0.25, -0.2) is 0 Å². The zero-order chi connectivity index (χ0) is 25.9. The van der Waals surface area contributed by atoms with Gasteiger partial charge in [0.2, 0.25) is 0 Å². The molecule has 0 radical (unpaired) electrons. The van der Waals surface area contributed by atoms with E-state index in [0.29, 0.717) is 0 Å². The smallest absolute Gasteiger partial charge is 0.0178 e. The molecule has 0 N–H and O–H groups in total. The molecule has 0 aliphatic heterocycles. The van der Waals surface area contributed by atoms with Crippen LogP contribution in [-0.2, 0) is 0 Å². The molecule has 0 amide bonds. The van der Waals surface area contributed by atoms with Crippen molar-refractivity contribution in [2.75, 3.05) is 0 Å². The van der Waals surface area contributed by atoms with Gasteiger partial charge in [0.15, 0.2) is 0 Å². The molecule has 0 heterocycles. The van der Waals surface area contributed by atoms with Crippen LogP contribution in [-0.4, -0.2) is 0 Å². The zero-order valence-electron chi connectivity index (χ0n) is 23.2. The highest BCUT2D eigenvalue weighted by molar-refractivity contribution is 5.75. The van der Waals surface area contributed by atoms with E-state index >= 15 is 0 Å². The molecule has 0 aliphatic carbocycles. The van der Waals surface area contributed by atoms with Crippen LogP contribution in [0.25, 0.3) is 33.4 Å². The van der Waals surface area contributed by atoms with E-state index < -0.39 is 0 Å². The van der Waals surface area contributed by atoms with Gasteiger partial charge in [-0.05, 0) is 53.3 Å². The first-order chi connectivity index (χ1) is 16.7. The van der Waals surface area contributed by atoms with Crippen LogP contribution < -0.4 is 0 Å². The summed E-state index contributed by atoms with van der Waals surface area (Å²) in [6, 6.07) is 35.0. The molecule has 0 saturated carbocycles. The average Bonchev–Trinajstić information content (AvgIpc) is 2.94. The fourth-order valence-corrected chi connectivity index (χ4v) is 3.23. The summed E-state index contributed by atoms with van der Waals surface area (Å²) in [5, 5.41) is 0. The molecule has 0 atom stereocenters. The molecule has 34 heavy (non-hydrogen) atoms. The molecule has 0 heteroatoms. The maximum absolute atomic E-state index is 2.27. The number of hydrogen-bond donors (Lipinski definition) is 0. The maximum Gasteiger partial charge on any atom is -0.0178 e. The molecule has 0 unspecified atom stereocenters. The van der Waals surface area contributed by atoms with Crippen LogP contribution >= 0.6 is 0 Å². The van der Waals surface area contributed by atoms with Crippen molar-refractivity contribution in [3.63, 3.8) is 0 Å². The van der Waals surface area contributed by atoms with Gasteiger partial charge < -0.3 is 0 Å². The quantitative estimate of drug-likeness (QED) is 0.289. The molecular formula is C34H46. The molecule has 0 nitrogen and oxygen atoms in total. The van der Waals surface area contributed by atoms with E-state index in [2.05, 4.69) is 111 Å². The van der Waals surface area contributed by atoms with Crippen LogP contribution in [0.15, 0.2) is 97.1 Å². The third-order valence-corrected chi connectivity index (χ3v) is 4.85. The summed E-state index contributed by atoms with van der Waals surface area (Å²) in [6.45, 7) is 20.2. The standard InChI is InChI=1S/C26H22.4C2H6/c1-19-6-10-21(11-7-19)22-14-16-24(17-15-22)26-5-3-4-25(18-26)23-12-8-20(2)9-13-23;4*1-2/h3-18H,1-2H3;4*1-2H3. The third-order valence-electron chi connectivity index (χ3n) is 4.85. The van der Waals surface area contributed by atoms with Crippen LogP contribution in [0.4, 0.5) is 0 Å². The average molecular weight is 455 g/mol. The largest absolute Gasteiger partial charge is 0.0683 e. The molecule has 4 rings (SSSR count). The number of rotatable bonds is 3.